The van der Waals surface area contributed by atoms with E-state index in [1.54, 1.807) is 11.8 Å². The maximum absolute atomic E-state index is 5.89. The Balaban J connectivity index is 2.21. The van der Waals surface area contributed by atoms with E-state index in [2.05, 4.69) is 22.9 Å². The van der Waals surface area contributed by atoms with Gasteiger partial charge in [-0.3, -0.25) is 0 Å². The summed E-state index contributed by atoms with van der Waals surface area (Å²) in [7, 11) is 0. The number of unbranched alkanes of at least 4 members (excludes halogenated alkanes) is 1. The highest BCUT2D eigenvalue weighted by Gasteiger charge is 2.00. The Kier molecular flexibility index (Phi) is 6.92. The highest BCUT2D eigenvalue weighted by Crippen LogP contribution is 2.27. The van der Waals surface area contributed by atoms with Gasteiger partial charge in [-0.05, 0) is 24.6 Å². The molecule has 0 amide bonds. The first-order chi connectivity index (χ1) is 7.74. The Bertz CT molecular complexity index is 320. The molecule has 0 saturated carbocycles. The number of thioether (sulfide) groups is 1. The van der Waals surface area contributed by atoms with E-state index in [0.29, 0.717) is 0 Å². The van der Waals surface area contributed by atoms with Crippen molar-refractivity contribution < 1.29 is 4.74 Å². The van der Waals surface area contributed by atoms with E-state index in [9.17, 15) is 0 Å². The molecular formula is C12H18BrNOS. The largest absolute Gasteiger partial charge is 0.398 e. The van der Waals surface area contributed by atoms with Crippen molar-refractivity contribution in [2.24, 2.45) is 0 Å². The molecule has 1 rings (SSSR count). The minimum atomic E-state index is 0.792. The monoisotopic (exact) mass is 303 g/mol. The van der Waals surface area contributed by atoms with Crippen LogP contribution in [-0.2, 0) is 4.74 Å². The lowest BCUT2D eigenvalue weighted by molar-refractivity contribution is 0.147. The first kappa shape index (κ1) is 13.9. The van der Waals surface area contributed by atoms with Gasteiger partial charge in [0.2, 0.25) is 0 Å². The Hall–Kier alpha value is -0.190. The molecule has 0 heterocycles. The predicted molar refractivity (Wildman–Crippen MR) is 75.0 cm³/mol. The van der Waals surface area contributed by atoms with Gasteiger partial charge in [0.05, 0.1) is 6.61 Å². The summed E-state index contributed by atoms with van der Waals surface area (Å²) in [5, 5.41) is 0. The van der Waals surface area contributed by atoms with Gasteiger partial charge in [0.25, 0.3) is 0 Å². The van der Waals surface area contributed by atoms with Crippen molar-refractivity contribution >= 4 is 33.4 Å². The third kappa shape index (κ3) is 5.23. The quantitative estimate of drug-likeness (QED) is 0.471. The van der Waals surface area contributed by atoms with Crippen molar-refractivity contribution in [1.29, 1.82) is 0 Å². The average Bonchev–Trinajstić information content (AvgIpc) is 2.26. The molecule has 0 aliphatic heterocycles. The molecule has 2 nitrogen and oxygen atoms in total. The van der Waals surface area contributed by atoms with Crippen LogP contribution in [0, 0.1) is 0 Å². The standard InChI is InChI=1S/C12H18BrNOS/c1-2-3-6-15-7-8-16-12-5-4-10(13)9-11(12)14/h4-5,9H,2-3,6-8,14H2,1H3. The second-order valence-electron chi connectivity index (χ2n) is 3.50. The first-order valence-electron chi connectivity index (χ1n) is 5.49. The third-order valence-electron chi connectivity index (χ3n) is 2.10. The zero-order chi connectivity index (χ0) is 11.8. The summed E-state index contributed by atoms with van der Waals surface area (Å²) in [6.45, 7) is 3.83. The van der Waals surface area contributed by atoms with Crippen molar-refractivity contribution in [3.05, 3.63) is 22.7 Å². The average molecular weight is 304 g/mol. The van der Waals surface area contributed by atoms with E-state index in [-0.39, 0.29) is 0 Å². The Morgan fingerprint density at radius 1 is 1.38 bits per heavy atom. The minimum Gasteiger partial charge on any atom is -0.398 e. The molecule has 16 heavy (non-hydrogen) atoms. The summed E-state index contributed by atoms with van der Waals surface area (Å²) in [4.78, 5) is 1.13. The van der Waals surface area contributed by atoms with Gasteiger partial charge in [-0.1, -0.05) is 29.3 Å². The lowest BCUT2D eigenvalue weighted by Gasteiger charge is -2.06. The lowest BCUT2D eigenvalue weighted by Crippen LogP contribution is -1.99. The number of anilines is 1. The van der Waals surface area contributed by atoms with Gasteiger partial charge in [-0.15, -0.1) is 11.8 Å². The predicted octanol–water partition coefficient (Wildman–Crippen LogP) is 3.94. The van der Waals surface area contributed by atoms with Crippen LogP contribution in [0.4, 0.5) is 5.69 Å². The Labute approximate surface area is 110 Å². The van der Waals surface area contributed by atoms with Gasteiger partial charge in [-0.2, -0.15) is 0 Å². The molecule has 4 heteroatoms. The highest BCUT2D eigenvalue weighted by atomic mass is 79.9. The molecular weight excluding hydrogens is 286 g/mol. The van der Waals surface area contributed by atoms with E-state index in [1.807, 2.05) is 18.2 Å². The fraction of sp³-hybridized carbons (Fsp3) is 0.500. The van der Waals surface area contributed by atoms with E-state index < -0.39 is 0 Å². The van der Waals surface area contributed by atoms with Gasteiger partial charge >= 0.3 is 0 Å². The van der Waals surface area contributed by atoms with Crippen LogP contribution in [0.25, 0.3) is 0 Å². The normalized spacial score (nSPS) is 10.6. The molecule has 0 radical (unpaired) electrons. The van der Waals surface area contributed by atoms with Crippen molar-refractivity contribution in [2.75, 3.05) is 24.7 Å². The Morgan fingerprint density at radius 3 is 2.88 bits per heavy atom. The molecule has 0 atom stereocenters. The summed E-state index contributed by atoms with van der Waals surface area (Å²) < 4.78 is 6.51. The van der Waals surface area contributed by atoms with Crippen molar-refractivity contribution in [3.63, 3.8) is 0 Å². The third-order valence-corrected chi connectivity index (χ3v) is 3.65. The summed E-state index contributed by atoms with van der Waals surface area (Å²) in [5.41, 5.74) is 6.72. The zero-order valence-electron chi connectivity index (χ0n) is 9.54. The van der Waals surface area contributed by atoms with Gasteiger partial charge in [0.1, 0.15) is 0 Å². The minimum absolute atomic E-state index is 0.792. The van der Waals surface area contributed by atoms with E-state index >= 15 is 0 Å². The number of nitrogens with two attached hydrogens (primary N) is 1. The number of rotatable bonds is 7. The van der Waals surface area contributed by atoms with Crippen LogP contribution < -0.4 is 5.73 Å². The first-order valence-corrected chi connectivity index (χ1v) is 7.27. The van der Waals surface area contributed by atoms with E-state index in [0.717, 1.165) is 40.4 Å². The molecule has 0 aliphatic rings. The van der Waals surface area contributed by atoms with Gasteiger partial charge in [-0.25, -0.2) is 0 Å². The fourth-order valence-electron chi connectivity index (χ4n) is 1.21. The smallest absolute Gasteiger partial charge is 0.0560 e. The van der Waals surface area contributed by atoms with Crippen LogP contribution >= 0.6 is 27.7 Å². The second-order valence-corrected chi connectivity index (χ2v) is 5.55. The summed E-state index contributed by atoms with van der Waals surface area (Å²) >= 11 is 5.14. The maximum atomic E-state index is 5.89. The van der Waals surface area contributed by atoms with Gasteiger partial charge in [0.15, 0.2) is 0 Å². The number of hydrogen-bond donors (Lipinski definition) is 1. The zero-order valence-corrected chi connectivity index (χ0v) is 11.9. The summed E-state index contributed by atoms with van der Waals surface area (Å²) in [6, 6.07) is 5.98. The molecule has 0 fully saturated rings. The molecule has 0 unspecified atom stereocenters. The molecule has 1 aromatic rings. The molecule has 2 N–H and O–H groups in total. The number of ether oxygens (including phenoxy) is 1. The lowest BCUT2D eigenvalue weighted by atomic mass is 10.3. The van der Waals surface area contributed by atoms with Crippen LogP contribution in [0.15, 0.2) is 27.6 Å². The number of nitrogen functional groups attached to an aromatic ring is 1. The molecule has 0 aromatic heterocycles. The van der Waals surface area contributed by atoms with Crippen LogP contribution in [0.2, 0.25) is 0 Å². The number of hydrogen-bond acceptors (Lipinski definition) is 3. The summed E-state index contributed by atoms with van der Waals surface area (Å²) in [6.07, 6.45) is 2.33. The fourth-order valence-corrected chi connectivity index (χ4v) is 2.40. The van der Waals surface area contributed by atoms with Crippen molar-refractivity contribution in [1.82, 2.24) is 0 Å². The molecule has 0 aliphatic carbocycles. The Morgan fingerprint density at radius 2 is 2.19 bits per heavy atom. The highest BCUT2D eigenvalue weighted by molar-refractivity contribution is 9.10. The van der Waals surface area contributed by atoms with Crippen LogP contribution in [-0.4, -0.2) is 19.0 Å². The number of halogens is 1. The van der Waals surface area contributed by atoms with Crippen molar-refractivity contribution in [2.45, 2.75) is 24.7 Å². The molecule has 0 bridgehead atoms. The SMILES string of the molecule is CCCCOCCSc1ccc(Br)cc1N. The van der Waals surface area contributed by atoms with Crippen LogP contribution in [0.5, 0.6) is 0 Å². The van der Waals surface area contributed by atoms with Gasteiger partial charge in [0, 0.05) is 27.4 Å². The molecule has 0 spiro atoms. The number of benzene rings is 1. The van der Waals surface area contributed by atoms with Crippen LogP contribution in [0.3, 0.4) is 0 Å². The van der Waals surface area contributed by atoms with Crippen LogP contribution in [0.1, 0.15) is 19.8 Å². The molecule has 1 aromatic carbocycles. The summed E-state index contributed by atoms with van der Waals surface area (Å²) in [5.74, 6) is 0.954. The van der Waals surface area contributed by atoms with Crippen molar-refractivity contribution in [3.8, 4) is 0 Å². The van der Waals surface area contributed by atoms with E-state index in [1.165, 1.54) is 6.42 Å². The molecule has 90 valence electrons. The second kappa shape index (κ2) is 7.98. The topological polar surface area (TPSA) is 35.2 Å². The van der Waals surface area contributed by atoms with Gasteiger partial charge < -0.3 is 10.5 Å². The molecule has 0 saturated heterocycles. The van der Waals surface area contributed by atoms with E-state index in [4.69, 9.17) is 10.5 Å². The maximum Gasteiger partial charge on any atom is 0.0560 e.